The molecule has 0 atom stereocenters. The summed E-state index contributed by atoms with van der Waals surface area (Å²) in [7, 11) is -3.48. The zero-order valence-corrected chi connectivity index (χ0v) is 15.5. The molecule has 114 valence electrons. The van der Waals surface area contributed by atoms with Crippen LogP contribution in [0.3, 0.4) is 0 Å². The maximum atomic E-state index is 12.2. The van der Waals surface area contributed by atoms with E-state index in [0.29, 0.717) is 17.6 Å². The van der Waals surface area contributed by atoms with Gasteiger partial charge in [0, 0.05) is 22.1 Å². The molecule has 0 unspecified atom stereocenters. The van der Waals surface area contributed by atoms with Gasteiger partial charge in [-0.2, -0.15) is 0 Å². The van der Waals surface area contributed by atoms with Gasteiger partial charge in [0.25, 0.3) is 0 Å². The van der Waals surface area contributed by atoms with Crippen molar-refractivity contribution in [3.63, 3.8) is 0 Å². The molecule has 0 radical (unpaired) electrons. The third-order valence-corrected chi connectivity index (χ3v) is 5.45. The second-order valence-electron chi connectivity index (χ2n) is 4.60. The van der Waals surface area contributed by atoms with Crippen LogP contribution in [0, 0.1) is 0 Å². The van der Waals surface area contributed by atoms with Gasteiger partial charge in [0.2, 0.25) is 10.0 Å². The Labute approximate surface area is 137 Å². The van der Waals surface area contributed by atoms with Crippen LogP contribution in [0.4, 0.5) is 0 Å². The molecule has 4 nitrogen and oxygen atoms in total. The van der Waals surface area contributed by atoms with Gasteiger partial charge in [0.15, 0.2) is 0 Å². The van der Waals surface area contributed by atoms with Gasteiger partial charge < -0.3 is 4.74 Å². The summed E-state index contributed by atoms with van der Waals surface area (Å²) in [5.74, 6) is 0. The number of ether oxygens (including phenoxy) is 1. The highest BCUT2D eigenvalue weighted by Gasteiger charge is 2.17. The third kappa shape index (κ3) is 6.22. The number of unbranched alkanes of at least 4 members (excludes halogenated alkanes) is 1. The molecule has 0 saturated heterocycles. The predicted octanol–water partition coefficient (Wildman–Crippen LogP) is 3.70. The summed E-state index contributed by atoms with van der Waals surface area (Å²) in [5.41, 5.74) is 0. The molecule has 0 amide bonds. The summed E-state index contributed by atoms with van der Waals surface area (Å²) in [5, 5.41) is 0. The highest BCUT2D eigenvalue weighted by molar-refractivity contribution is 9.11. The van der Waals surface area contributed by atoms with E-state index in [2.05, 4.69) is 36.6 Å². The highest BCUT2D eigenvalue weighted by Crippen LogP contribution is 2.25. The van der Waals surface area contributed by atoms with Gasteiger partial charge in [-0.1, -0.05) is 15.9 Å². The van der Waals surface area contributed by atoms with Crippen molar-refractivity contribution in [3.8, 4) is 0 Å². The fraction of sp³-hybridized carbons (Fsp3) is 0.538. The molecule has 0 aliphatic heterocycles. The minimum atomic E-state index is -3.48. The predicted molar refractivity (Wildman–Crippen MR) is 87.4 cm³/mol. The minimum absolute atomic E-state index is 0.212. The largest absolute Gasteiger partial charge is 0.379 e. The minimum Gasteiger partial charge on any atom is -0.379 e. The summed E-state index contributed by atoms with van der Waals surface area (Å²) in [4.78, 5) is 0.241. The number of sulfonamides is 1. The second-order valence-corrected chi connectivity index (χ2v) is 8.10. The van der Waals surface area contributed by atoms with Crippen molar-refractivity contribution in [1.29, 1.82) is 0 Å². The standard InChI is InChI=1S/C13H19Br2NO3S/c1-10(2)19-8-4-3-7-16-20(17,18)13-9-11(14)5-6-12(13)15/h5-6,9-10,16H,3-4,7-8H2,1-2H3. The van der Waals surface area contributed by atoms with Crippen molar-refractivity contribution in [3.05, 3.63) is 27.1 Å². The molecule has 1 aromatic rings. The van der Waals surface area contributed by atoms with Gasteiger partial charge in [-0.15, -0.1) is 0 Å². The Morgan fingerprint density at radius 1 is 1.25 bits per heavy atom. The van der Waals surface area contributed by atoms with Gasteiger partial charge in [-0.25, -0.2) is 13.1 Å². The van der Waals surface area contributed by atoms with Crippen LogP contribution in [0.25, 0.3) is 0 Å². The lowest BCUT2D eigenvalue weighted by Crippen LogP contribution is -2.25. The molecular weight excluding hydrogens is 410 g/mol. The maximum absolute atomic E-state index is 12.2. The van der Waals surface area contributed by atoms with Gasteiger partial charge in [-0.3, -0.25) is 0 Å². The second kappa shape index (κ2) is 8.48. The van der Waals surface area contributed by atoms with Crippen LogP contribution in [0.1, 0.15) is 26.7 Å². The molecule has 1 rings (SSSR count). The van der Waals surface area contributed by atoms with Crippen LogP contribution < -0.4 is 4.72 Å². The topological polar surface area (TPSA) is 55.4 Å². The molecule has 0 heterocycles. The molecule has 0 aliphatic carbocycles. The molecule has 0 saturated carbocycles. The van der Waals surface area contributed by atoms with Crippen LogP contribution in [0.2, 0.25) is 0 Å². The van der Waals surface area contributed by atoms with Gasteiger partial charge in [-0.05, 0) is 60.8 Å². The SMILES string of the molecule is CC(C)OCCCCNS(=O)(=O)c1cc(Br)ccc1Br. The Bertz CT molecular complexity index is 532. The van der Waals surface area contributed by atoms with E-state index in [-0.39, 0.29) is 11.0 Å². The summed E-state index contributed by atoms with van der Waals surface area (Å²) < 4.78 is 33.6. The Kier molecular flexibility index (Phi) is 7.68. The molecule has 1 aromatic carbocycles. The number of hydrogen-bond acceptors (Lipinski definition) is 3. The molecule has 0 aromatic heterocycles. The molecular formula is C13H19Br2NO3S. The Hall–Kier alpha value is 0.0500. The first-order chi connectivity index (χ1) is 9.33. The summed E-state index contributed by atoms with van der Waals surface area (Å²) in [6, 6.07) is 5.07. The van der Waals surface area contributed by atoms with E-state index in [1.807, 2.05) is 13.8 Å². The fourth-order valence-corrected chi connectivity index (χ4v) is 4.09. The Balaban J connectivity index is 2.48. The molecule has 0 aliphatic rings. The molecule has 0 spiro atoms. The Morgan fingerprint density at radius 2 is 1.95 bits per heavy atom. The first-order valence-electron chi connectivity index (χ1n) is 6.39. The van der Waals surface area contributed by atoms with E-state index < -0.39 is 10.0 Å². The lowest BCUT2D eigenvalue weighted by molar-refractivity contribution is 0.0762. The van der Waals surface area contributed by atoms with Crippen molar-refractivity contribution in [1.82, 2.24) is 4.72 Å². The van der Waals surface area contributed by atoms with E-state index in [1.165, 1.54) is 0 Å². The number of benzene rings is 1. The zero-order valence-electron chi connectivity index (χ0n) is 11.5. The zero-order chi connectivity index (χ0) is 15.2. The van der Waals surface area contributed by atoms with Crippen LogP contribution in [0.5, 0.6) is 0 Å². The average Bonchev–Trinajstić information content (AvgIpc) is 2.36. The van der Waals surface area contributed by atoms with Crippen LogP contribution in [-0.2, 0) is 14.8 Å². The van der Waals surface area contributed by atoms with Crippen molar-refractivity contribution in [2.24, 2.45) is 0 Å². The van der Waals surface area contributed by atoms with Crippen molar-refractivity contribution >= 4 is 41.9 Å². The van der Waals surface area contributed by atoms with Crippen LogP contribution in [0.15, 0.2) is 32.0 Å². The number of halogens is 2. The van der Waals surface area contributed by atoms with Crippen molar-refractivity contribution in [2.45, 2.75) is 37.7 Å². The first-order valence-corrected chi connectivity index (χ1v) is 9.46. The highest BCUT2D eigenvalue weighted by atomic mass is 79.9. The smallest absolute Gasteiger partial charge is 0.241 e. The number of rotatable bonds is 8. The Morgan fingerprint density at radius 3 is 2.60 bits per heavy atom. The van der Waals surface area contributed by atoms with Gasteiger partial charge in [0.05, 0.1) is 11.0 Å². The summed E-state index contributed by atoms with van der Waals surface area (Å²) in [6.45, 7) is 5.02. The van der Waals surface area contributed by atoms with Gasteiger partial charge in [0.1, 0.15) is 0 Å². The average molecular weight is 429 g/mol. The lowest BCUT2D eigenvalue weighted by atomic mass is 10.3. The molecule has 20 heavy (non-hydrogen) atoms. The normalized spacial score (nSPS) is 12.1. The van der Waals surface area contributed by atoms with E-state index in [4.69, 9.17) is 4.74 Å². The summed E-state index contributed by atoms with van der Waals surface area (Å²) >= 11 is 6.53. The molecule has 0 bridgehead atoms. The summed E-state index contributed by atoms with van der Waals surface area (Å²) in [6.07, 6.45) is 1.79. The molecule has 7 heteroatoms. The molecule has 1 N–H and O–H groups in total. The van der Waals surface area contributed by atoms with Crippen molar-refractivity contribution < 1.29 is 13.2 Å². The van der Waals surface area contributed by atoms with Gasteiger partial charge >= 0.3 is 0 Å². The fourth-order valence-electron chi connectivity index (χ4n) is 1.51. The lowest BCUT2D eigenvalue weighted by Gasteiger charge is -2.10. The van der Waals surface area contributed by atoms with Crippen LogP contribution in [-0.4, -0.2) is 27.7 Å². The van der Waals surface area contributed by atoms with Crippen molar-refractivity contribution in [2.75, 3.05) is 13.2 Å². The van der Waals surface area contributed by atoms with Crippen LogP contribution >= 0.6 is 31.9 Å². The van der Waals surface area contributed by atoms with E-state index >= 15 is 0 Å². The first kappa shape index (κ1) is 18.1. The van der Waals surface area contributed by atoms with E-state index in [0.717, 1.165) is 17.3 Å². The van der Waals surface area contributed by atoms with E-state index in [9.17, 15) is 8.42 Å². The number of hydrogen-bond donors (Lipinski definition) is 1. The number of nitrogens with one attached hydrogen (secondary N) is 1. The monoisotopic (exact) mass is 427 g/mol. The molecule has 0 fully saturated rings. The third-order valence-electron chi connectivity index (χ3n) is 2.50. The quantitative estimate of drug-likeness (QED) is 0.642. The van der Waals surface area contributed by atoms with E-state index in [1.54, 1.807) is 18.2 Å². The maximum Gasteiger partial charge on any atom is 0.241 e.